The summed E-state index contributed by atoms with van der Waals surface area (Å²) < 4.78 is 13.0. The molecule has 1 atom stereocenters. The lowest BCUT2D eigenvalue weighted by molar-refractivity contribution is -0.120. The van der Waals surface area contributed by atoms with E-state index in [2.05, 4.69) is 0 Å². The van der Waals surface area contributed by atoms with Crippen LogP contribution < -0.4 is 21.7 Å². The average Bonchev–Trinajstić information content (AvgIpc) is 2.40. The van der Waals surface area contributed by atoms with Crippen LogP contribution in [0.5, 0.6) is 0 Å². The number of hydrogen-bond acceptors (Lipinski definition) is 4. The first kappa shape index (κ1) is 15.9. The van der Waals surface area contributed by atoms with E-state index in [9.17, 15) is 14.0 Å². The van der Waals surface area contributed by atoms with Crippen molar-refractivity contribution in [2.75, 3.05) is 18.0 Å². The average molecular weight is 282 g/mol. The Labute approximate surface area is 116 Å². The second-order valence-electron chi connectivity index (χ2n) is 4.34. The van der Waals surface area contributed by atoms with E-state index in [1.807, 2.05) is 5.32 Å². The van der Waals surface area contributed by atoms with Crippen LogP contribution in [-0.2, 0) is 4.79 Å². The number of primary amides is 1. The fourth-order valence-corrected chi connectivity index (χ4v) is 1.81. The first-order chi connectivity index (χ1) is 9.45. The summed E-state index contributed by atoms with van der Waals surface area (Å²) in [6, 6.07) is 4.23. The molecule has 0 heterocycles. The van der Waals surface area contributed by atoms with E-state index < -0.39 is 18.0 Å². The third kappa shape index (κ3) is 4.51. The van der Waals surface area contributed by atoms with Crippen molar-refractivity contribution in [1.29, 1.82) is 0 Å². The standard InChI is InChI=1S/C13H19FN4O2/c1-9(12(19)17-13(16)20)18(8-2-7-15)11-5-3-10(14)4-6-11/h3-6,9H,2,7-8,15H2,1H3,(H3,16,17,19,20). The van der Waals surface area contributed by atoms with Crippen molar-refractivity contribution in [2.45, 2.75) is 19.4 Å². The number of rotatable bonds is 6. The van der Waals surface area contributed by atoms with Gasteiger partial charge in [-0.25, -0.2) is 9.18 Å². The van der Waals surface area contributed by atoms with E-state index >= 15 is 0 Å². The highest BCUT2D eigenvalue weighted by Crippen LogP contribution is 2.18. The Morgan fingerprint density at radius 2 is 1.95 bits per heavy atom. The summed E-state index contributed by atoms with van der Waals surface area (Å²) in [5, 5.41) is 2.03. The number of hydrogen-bond donors (Lipinski definition) is 3. The molecule has 110 valence electrons. The minimum atomic E-state index is -0.903. The number of nitrogens with one attached hydrogen (secondary N) is 1. The van der Waals surface area contributed by atoms with Crippen molar-refractivity contribution >= 4 is 17.6 Å². The topological polar surface area (TPSA) is 101 Å². The molecule has 0 aliphatic heterocycles. The van der Waals surface area contributed by atoms with Crippen molar-refractivity contribution in [3.63, 3.8) is 0 Å². The van der Waals surface area contributed by atoms with Crippen molar-refractivity contribution in [1.82, 2.24) is 5.32 Å². The monoisotopic (exact) mass is 282 g/mol. The van der Waals surface area contributed by atoms with Gasteiger partial charge in [0.2, 0.25) is 5.91 Å². The zero-order valence-corrected chi connectivity index (χ0v) is 11.3. The highest BCUT2D eigenvalue weighted by molar-refractivity contribution is 5.97. The molecule has 0 aliphatic rings. The van der Waals surface area contributed by atoms with Gasteiger partial charge in [-0.2, -0.15) is 0 Å². The quantitative estimate of drug-likeness (QED) is 0.709. The first-order valence-corrected chi connectivity index (χ1v) is 6.28. The molecule has 20 heavy (non-hydrogen) atoms. The van der Waals surface area contributed by atoms with Gasteiger partial charge in [-0.05, 0) is 44.2 Å². The summed E-state index contributed by atoms with van der Waals surface area (Å²) in [4.78, 5) is 24.3. The van der Waals surface area contributed by atoms with Crippen molar-refractivity contribution in [2.24, 2.45) is 11.5 Å². The van der Waals surface area contributed by atoms with Crippen LogP contribution in [0.2, 0.25) is 0 Å². The number of carbonyl (C=O) groups excluding carboxylic acids is 2. The van der Waals surface area contributed by atoms with Gasteiger partial charge in [-0.15, -0.1) is 0 Å². The molecular weight excluding hydrogens is 263 g/mol. The van der Waals surface area contributed by atoms with Crippen LogP contribution in [0.3, 0.4) is 0 Å². The maximum Gasteiger partial charge on any atom is 0.318 e. The summed E-state index contributed by atoms with van der Waals surface area (Å²) in [5.74, 6) is -0.874. The summed E-state index contributed by atoms with van der Waals surface area (Å²) in [5.41, 5.74) is 11.1. The molecule has 0 aromatic heterocycles. The molecule has 0 fully saturated rings. The number of carbonyl (C=O) groups is 2. The lowest BCUT2D eigenvalue weighted by Gasteiger charge is -2.30. The van der Waals surface area contributed by atoms with Crippen molar-refractivity contribution in [3.8, 4) is 0 Å². The van der Waals surface area contributed by atoms with Gasteiger partial charge in [0, 0.05) is 12.2 Å². The summed E-state index contributed by atoms with van der Waals surface area (Å²) in [6.45, 7) is 2.61. The molecule has 0 spiro atoms. The van der Waals surface area contributed by atoms with Crippen LogP contribution in [0.15, 0.2) is 24.3 Å². The van der Waals surface area contributed by atoms with Gasteiger partial charge in [-0.3, -0.25) is 10.1 Å². The van der Waals surface area contributed by atoms with Crippen molar-refractivity contribution in [3.05, 3.63) is 30.1 Å². The Morgan fingerprint density at radius 3 is 2.45 bits per heavy atom. The highest BCUT2D eigenvalue weighted by Gasteiger charge is 2.22. The molecule has 5 N–H and O–H groups in total. The second-order valence-corrected chi connectivity index (χ2v) is 4.34. The molecule has 0 saturated carbocycles. The molecule has 7 heteroatoms. The van der Waals surface area contributed by atoms with Crippen LogP contribution in [0.1, 0.15) is 13.3 Å². The predicted octanol–water partition coefficient (Wildman–Crippen LogP) is 0.564. The number of imide groups is 1. The predicted molar refractivity (Wildman–Crippen MR) is 74.6 cm³/mol. The number of halogens is 1. The SMILES string of the molecule is CC(C(=O)NC(N)=O)N(CCCN)c1ccc(F)cc1. The van der Waals surface area contributed by atoms with E-state index in [0.29, 0.717) is 25.2 Å². The first-order valence-electron chi connectivity index (χ1n) is 6.28. The minimum absolute atomic E-state index is 0.359. The molecular formula is C13H19FN4O2. The maximum absolute atomic E-state index is 13.0. The van der Waals surface area contributed by atoms with E-state index in [0.717, 1.165) is 0 Å². The van der Waals surface area contributed by atoms with Crippen LogP contribution in [0.25, 0.3) is 0 Å². The molecule has 0 radical (unpaired) electrons. The van der Waals surface area contributed by atoms with Gasteiger partial charge >= 0.3 is 6.03 Å². The Balaban J connectivity index is 2.90. The van der Waals surface area contributed by atoms with Crippen LogP contribution in [-0.4, -0.2) is 31.1 Å². The van der Waals surface area contributed by atoms with Gasteiger partial charge in [0.15, 0.2) is 0 Å². The Kier molecular flexibility index (Phi) is 5.92. The lowest BCUT2D eigenvalue weighted by atomic mass is 10.2. The summed E-state index contributed by atoms with van der Waals surface area (Å²) in [6.07, 6.45) is 0.658. The smallest absolute Gasteiger partial charge is 0.318 e. The van der Waals surface area contributed by atoms with Gasteiger partial charge in [0.1, 0.15) is 11.9 Å². The highest BCUT2D eigenvalue weighted by atomic mass is 19.1. The van der Waals surface area contributed by atoms with Gasteiger partial charge in [0.05, 0.1) is 0 Å². The molecule has 0 bridgehead atoms. The minimum Gasteiger partial charge on any atom is -0.360 e. The number of nitrogens with two attached hydrogens (primary N) is 2. The van der Waals surface area contributed by atoms with Crippen molar-refractivity contribution < 1.29 is 14.0 Å². The second kappa shape index (κ2) is 7.44. The maximum atomic E-state index is 13.0. The molecule has 1 unspecified atom stereocenters. The zero-order valence-electron chi connectivity index (χ0n) is 11.3. The van der Waals surface area contributed by atoms with Crippen LogP contribution in [0.4, 0.5) is 14.9 Å². The molecule has 0 saturated heterocycles. The molecule has 1 aromatic rings. The number of urea groups is 1. The van der Waals surface area contributed by atoms with Gasteiger partial charge in [-0.1, -0.05) is 0 Å². The zero-order chi connectivity index (χ0) is 15.1. The fourth-order valence-electron chi connectivity index (χ4n) is 1.81. The molecule has 1 aromatic carbocycles. The van der Waals surface area contributed by atoms with Gasteiger partial charge in [0.25, 0.3) is 0 Å². The molecule has 6 nitrogen and oxygen atoms in total. The number of amides is 3. The number of anilines is 1. The van der Waals surface area contributed by atoms with E-state index in [-0.39, 0.29) is 5.82 Å². The number of benzene rings is 1. The normalized spacial score (nSPS) is 11.8. The molecule has 0 aliphatic carbocycles. The third-order valence-corrected chi connectivity index (χ3v) is 2.85. The van der Waals surface area contributed by atoms with E-state index in [1.165, 1.54) is 12.1 Å². The lowest BCUT2D eigenvalue weighted by Crippen LogP contribution is -2.49. The summed E-state index contributed by atoms with van der Waals surface area (Å²) in [7, 11) is 0. The van der Waals surface area contributed by atoms with Crippen LogP contribution >= 0.6 is 0 Å². The van der Waals surface area contributed by atoms with E-state index in [1.54, 1.807) is 24.0 Å². The van der Waals surface area contributed by atoms with Crippen LogP contribution in [0, 0.1) is 5.82 Å². The molecule has 3 amide bonds. The molecule has 1 rings (SSSR count). The Bertz CT molecular complexity index is 464. The fraction of sp³-hybridized carbons (Fsp3) is 0.385. The third-order valence-electron chi connectivity index (χ3n) is 2.85. The van der Waals surface area contributed by atoms with E-state index in [4.69, 9.17) is 11.5 Å². The summed E-state index contributed by atoms with van der Waals surface area (Å²) >= 11 is 0. The Hall–Kier alpha value is -2.15. The largest absolute Gasteiger partial charge is 0.360 e. The number of nitrogens with zero attached hydrogens (tertiary/aromatic N) is 1. The Morgan fingerprint density at radius 1 is 1.35 bits per heavy atom. The van der Waals surface area contributed by atoms with Gasteiger partial charge < -0.3 is 16.4 Å².